The Labute approximate surface area is 115 Å². The van der Waals surface area contributed by atoms with Gasteiger partial charge in [0.05, 0.1) is 0 Å². The molecule has 2 aromatic rings. The van der Waals surface area contributed by atoms with Crippen molar-refractivity contribution in [1.82, 2.24) is 4.57 Å². The first-order valence-electron chi connectivity index (χ1n) is 7.22. The lowest BCUT2D eigenvalue weighted by molar-refractivity contribution is 0.666. The van der Waals surface area contributed by atoms with Gasteiger partial charge >= 0.3 is 0 Å². The number of aryl methyl sites for hydroxylation is 2. The van der Waals surface area contributed by atoms with Crippen molar-refractivity contribution < 1.29 is 0 Å². The van der Waals surface area contributed by atoms with E-state index in [2.05, 4.69) is 48.0 Å². The summed E-state index contributed by atoms with van der Waals surface area (Å²) in [7, 11) is 0. The average Bonchev–Trinajstić information content (AvgIpc) is 2.98. The van der Waals surface area contributed by atoms with Crippen molar-refractivity contribution in [2.24, 2.45) is 5.73 Å². The van der Waals surface area contributed by atoms with Crippen molar-refractivity contribution in [3.8, 4) is 0 Å². The molecule has 0 saturated heterocycles. The van der Waals surface area contributed by atoms with Crippen molar-refractivity contribution in [2.45, 2.75) is 45.2 Å². The van der Waals surface area contributed by atoms with Gasteiger partial charge in [0.1, 0.15) is 0 Å². The second kappa shape index (κ2) is 5.22. The largest absolute Gasteiger partial charge is 0.347 e. The van der Waals surface area contributed by atoms with E-state index in [1.807, 2.05) is 0 Å². The molecule has 2 heteroatoms. The molecule has 0 bridgehead atoms. The molecule has 1 aliphatic carbocycles. The number of aromatic nitrogens is 1. The van der Waals surface area contributed by atoms with Crippen LogP contribution in [0.4, 0.5) is 0 Å². The normalized spacial score (nSPS) is 15.5. The molecule has 2 nitrogen and oxygen atoms in total. The van der Waals surface area contributed by atoms with Crippen LogP contribution in [0.5, 0.6) is 0 Å². The highest BCUT2D eigenvalue weighted by molar-refractivity contribution is 5.35. The van der Waals surface area contributed by atoms with Gasteiger partial charge in [-0.3, -0.25) is 0 Å². The van der Waals surface area contributed by atoms with Crippen LogP contribution in [0.25, 0.3) is 0 Å². The Bertz CT molecular complexity index is 566. The fraction of sp³-hybridized carbons (Fsp3) is 0.412. The van der Waals surface area contributed by atoms with Gasteiger partial charge in [-0.25, -0.2) is 0 Å². The van der Waals surface area contributed by atoms with E-state index in [1.54, 1.807) is 11.1 Å². The lowest BCUT2D eigenvalue weighted by Crippen LogP contribution is -2.20. The van der Waals surface area contributed by atoms with Gasteiger partial charge < -0.3 is 10.3 Å². The summed E-state index contributed by atoms with van der Waals surface area (Å²) in [6.07, 6.45) is 6.93. The lowest BCUT2D eigenvalue weighted by atomic mass is 10.1. The maximum Gasteiger partial charge on any atom is 0.0472 e. The quantitative estimate of drug-likeness (QED) is 0.893. The molecule has 1 atom stereocenters. The molecule has 0 radical (unpaired) electrons. The molecule has 1 unspecified atom stereocenters. The Balaban J connectivity index is 1.80. The minimum atomic E-state index is 0.216. The Morgan fingerprint density at radius 2 is 2.05 bits per heavy atom. The highest BCUT2D eigenvalue weighted by Crippen LogP contribution is 2.23. The third-order valence-corrected chi connectivity index (χ3v) is 3.97. The van der Waals surface area contributed by atoms with Crippen LogP contribution in [0.1, 0.15) is 35.7 Å². The van der Waals surface area contributed by atoms with Gasteiger partial charge in [0.2, 0.25) is 0 Å². The predicted octanol–water partition coefficient (Wildman–Crippen LogP) is 2.91. The second-order valence-electron chi connectivity index (χ2n) is 5.77. The molecule has 100 valence electrons. The third-order valence-electron chi connectivity index (χ3n) is 3.97. The molecule has 2 N–H and O–H groups in total. The number of nitrogens with two attached hydrogens (primary N) is 1. The first-order valence-corrected chi connectivity index (χ1v) is 7.22. The second-order valence-corrected chi connectivity index (χ2v) is 5.77. The van der Waals surface area contributed by atoms with Crippen molar-refractivity contribution >= 4 is 0 Å². The van der Waals surface area contributed by atoms with Crippen LogP contribution in [0.2, 0.25) is 0 Å². The van der Waals surface area contributed by atoms with Gasteiger partial charge in [-0.05, 0) is 55.0 Å². The summed E-state index contributed by atoms with van der Waals surface area (Å²) in [5.74, 6) is 0. The molecule has 0 fully saturated rings. The molecule has 3 rings (SSSR count). The molecule has 1 heterocycles. The molecule has 1 aromatic carbocycles. The maximum atomic E-state index is 5.91. The van der Waals surface area contributed by atoms with Crippen LogP contribution in [0.15, 0.2) is 36.5 Å². The average molecular weight is 254 g/mol. The third kappa shape index (κ3) is 2.74. The zero-order valence-corrected chi connectivity index (χ0v) is 11.6. The number of hydrogen-bond acceptors (Lipinski definition) is 1. The van der Waals surface area contributed by atoms with Crippen LogP contribution < -0.4 is 5.73 Å². The molecule has 0 amide bonds. The zero-order chi connectivity index (χ0) is 13.2. The first-order chi connectivity index (χ1) is 9.22. The minimum absolute atomic E-state index is 0.216. The smallest absolute Gasteiger partial charge is 0.0472 e. The molecule has 0 saturated carbocycles. The summed E-state index contributed by atoms with van der Waals surface area (Å²) in [5, 5.41) is 0. The molecule has 1 aliphatic rings. The standard InChI is InChI=1S/C17H22N2/c1-13(18)10-17-6-3-9-19(17)12-14-7-8-15-4-2-5-16(15)11-14/h3,6-9,11,13H,2,4-5,10,12,18H2,1H3. The Kier molecular flexibility index (Phi) is 3.43. The molecule has 0 spiro atoms. The van der Waals surface area contributed by atoms with Gasteiger partial charge in [-0.2, -0.15) is 0 Å². The van der Waals surface area contributed by atoms with E-state index in [-0.39, 0.29) is 6.04 Å². The lowest BCUT2D eigenvalue weighted by Gasteiger charge is -2.12. The zero-order valence-electron chi connectivity index (χ0n) is 11.6. The van der Waals surface area contributed by atoms with E-state index >= 15 is 0 Å². The SMILES string of the molecule is CC(N)Cc1cccn1Cc1ccc2c(c1)CCC2. The van der Waals surface area contributed by atoms with Crippen molar-refractivity contribution in [3.63, 3.8) is 0 Å². The van der Waals surface area contributed by atoms with E-state index in [0.29, 0.717) is 0 Å². The van der Waals surface area contributed by atoms with Crippen LogP contribution in [-0.4, -0.2) is 10.6 Å². The number of fused-ring (bicyclic) bond motifs is 1. The van der Waals surface area contributed by atoms with Crippen LogP contribution in [0.3, 0.4) is 0 Å². The molecular weight excluding hydrogens is 232 g/mol. The van der Waals surface area contributed by atoms with Crippen LogP contribution in [0, 0.1) is 0 Å². The van der Waals surface area contributed by atoms with Gasteiger partial charge in [-0.1, -0.05) is 18.2 Å². The molecule has 19 heavy (non-hydrogen) atoms. The van der Waals surface area contributed by atoms with Crippen molar-refractivity contribution in [1.29, 1.82) is 0 Å². The van der Waals surface area contributed by atoms with E-state index in [1.165, 1.54) is 30.5 Å². The maximum absolute atomic E-state index is 5.91. The highest BCUT2D eigenvalue weighted by atomic mass is 15.0. The summed E-state index contributed by atoms with van der Waals surface area (Å²) in [6.45, 7) is 3.02. The first kappa shape index (κ1) is 12.5. The highest BCUT2D eigenvalue weighted by Gasteiger charge is 2.11. The topological polar surface area (TPSA) is 30.9 Å². The summed E-state index contributed by atoms with van der Waals surface area (Å²) in [5.41, 5.74) is 11.7. The fourth-order valence-electron chi connectivity index (χ4n) is 3.04. The van der Waals surface area contributed by atoms with Gasteiger partial charge in [0.15, 0.2) is 0 Å². The van der Waals surface area contributed by atoms with E-state index < -0.39 is 0 Å². The number of hydrogen-bond donors (Lipinski definition) is 1. The van der Waals surface area contributed by atoms with E-state index in [0.717, 1.165) is 13.0 Å². The summed E-state index contributed by atoms with van der Waals surface area (Å²) < 4.78 is 2.32. The summed E-state index contributed by atoms with van der Waals surface area (Å²) in [4.78, 5) is 0. The number of nitrogens with zero attached hydrogens (tertiary/aromatic N) is 1. The molecular formula is C17H22N2. The van der Waals surface area contributed by atoms with E-state index in [9.17, 15) is 0 Å². The number of benzene rings is 1. The minimum Gasteiger partial charge on any atom is -0.347 e. The Hall–Kier alpha value is -1.54. The monoisotopic (exact) mass is 254 g/mol. The Morgan fingerprint density at radius 1 is 1.21 bits per heavy atom. The van der Waals surface area contributed by atoms with Crippen molar-refractivity contribution in [3.05, 3.63) is 58.9 Å². The molecule has 0 aliphatic heterocycles. The van der Waals surface area contributed by atoms with Crippen molar-refractivity contribution in [2.75, 3.05) is 0 Å². The van der Waals surface area contributed by atoms with Gasteiger partial charge in [-0.15, -0.1) is 0 Å². The van der Waals surface area contributed by atoms with Crippen LogP contribution in [-0.2, 0) is 25.8 Å². The summed E-state index contributed by atoms with van der Waals surface area (Å²) >= 11 is 0. The number of rotatable bonds is 4. The Morgan fingerprint density at radius 3 is 2.89 bits per heavy atom. The fourth-order valence-corrected chi connectivity index (χ4v) is 3.04. The van der Waals surface area contributed by atoms with Crippen LogP contribution >= 0.6 is 0 Å². The van der Waals surface area contributed by atoms with Gasteiger partial charge in [0, 0.05) is 30.9 Å². The molecule has 1 aromatic heterocycles. The van der Waals surface area contributed by atoms with E-state index in [4.69, 9.17) is 5.73 Å². The predicted molar refractivity (Wildman–Crippen MR) is 79.4 cm³/mol. The summed E-state index contributed by atoms with van der Waals surface area (Å²) in [6, 6.07) is 11.5. The van der Waals surface area contributed by atoms with Gasteiger partial charge in [0.25, 0.3) is 0 Å².